The summed E-state index contributed by atoms with van der Waals surface area (Å²) in [5.74, 6) is -0.223. The number of nitrogens with one attached hydrogen (secondary N) is 2. The highest BCUT2D eigenvalue weighted by atomic mass is 35.5. The van der Waals surface area contributed by atoms with E-state index in [2.05, 4.69) is 15.8 Å². The van der Waals surface area contributed by atoms with Crippen molar-refractivity contribution in [1.29, 1.82) is 0 Å². The van der Waals surface area contributed by atoms with Crippen molar-refractivity contribution < 1.29 is 24.2 Å². The molecule has 0 radical (unpaired) electrons. The Bertz CT molecular complexity index is 1170. The summed E-state index contributed by atoms with van der Waals surface area (Å²) in [6.45, 7) is 1.98. The van der Waals surface area contributed by atoms with E-state index in [9.17, 15) is 14.7 Å². The van der Waals surface area contributed by atoms with Gasteiger partial charge in [-0.2, -0.15) is 5.10 Å². The Morgan fingerprint density at radius 2 is 1.85 bits per heavy atom. The summed E-state index contributed by atoms with van der Waals surface area (Å²) in [6.07, 6.45) is 1.43. The molecule has 0 bridgehead atoms. The second-order valence-electron chi connectivity index (χ2n) is 6.70. The van der Waals surface area contributed by atoms with Crippen LogP contribution in [0.25, 0.3) is 0 Å². The molecule has 0 atom stereocenters. The van der Waals surface area contributed by atoms with Crippen molar-refractivity contribution in [3.05, 3.63) is 82.9 Å². The Morgan fingerprint density at radius 1 is 1.03 bits per heavy atom. The maximum Gasteiger partial charge on any atom is 0.275 e. The summed E-state index contributed by atoms with van der Waals surface area (Å²) in [6, 6.07) is 18.0. The Morgan fingerprint density at radius 3 is 2.61 bits per heavy atom. The second-order valence-corrected chi connectivity index (χ2v) is 7.14. The van der Waals surface area contributed by atoms with Gasteiger partial charge in [-0.3, -0.25) is 9.59 Å². The zero-order chi connectivity index (χ0) is 23.6. The molecule has 170 valence electrons. The molecular weight excluding hydrogens is 446 g/mol. The van der Waals surface area contributed by atoms with E-state index >= 15 is 0 Å². The molecule has 9 heteroatoms. The van der Waals surface area contributed by atoms with Crippen LogP contribution < -0.4 is 20.2 Å². The highest BCUT2D eigenvalue weighted by Gasteiger charge is 2.11. The molecule has 0 unspecified atom stereocenters. The summed E-state index contributed by atoms with van der Waals surface area (Å²) < 4.78 is 11.2. The van der Waals surface area contributed by atoms with Crippen LogP contribution in [0.4, 0.5) is 5.69 Å². The van der Waals surface area contributed by atoms with E-state index in [-0.39, 0.29) is 23.8 Å². The van der Waals surface area contributed by atoms with Crippen molar-refractivity contribution in [1.82, 2.24) is 5.43 Å². The van der Waals surface area contributed by atoms with Crippen LogP contribution in [0.5, 0.6) is 17.2 Å². The number of carbonyl (C=O) groups is 2. The van der Waals surface area contributed by atoms with Crippen LogP contribution in [-0.4, -0.2) is 36.3 Å². The van der Waals surface area contributed by atoms with Gasteiger partial charge in [0.1, 0.15) is 5.75 Å². The normalized spacial score (nSPS) is 10.6. The number of para-hydroxylation sites is 1. The van der Waals surface area contributed by atoms with Gasteiger partial charge in [-0.15, -0.1) is 0 Å². The van der Waals surface area contributed by atoms with Gasteiger partial charge in [-0.25, -0.2) is 5.43 Å². The zero-order valence-corrected chi connectivity index (χ0v) is 18.5. The lowest BCUT2D eigenvalue weighted by molar-refractivity contribution is -0.118. The molecule has 0 fully saturated rings. The lowest BCUT2D eigenvalue weighted by Crippen LogP contribution is -2.20. The van der Waals surface area contributed by atoms with Gasteiger partial charge in [-0.1, -0.05) is 29.8 Å². The van der Waals surface area contributed by atoms with Crippen molar-refractivity contribution in [2.24, 2.45) is 5.10 Å². The molecule has 3 aromatic carbocycles. The summed E-state index contributed by atoms with van der Waals surface area (Å²) in [5, 5.41) is 16.9. The number of benzene rings is 3. The lowest BCUT2D eigenvalue weighted by atomic mass is 10.2. The Labute approximate surface area is 195 Å². The van der Waals surface area contributed by atoms with E-state index in [4.69, 9.17) is 21.1 Å². The Balaban J connectivity index is 1.61. The van der Waals surface area contributed by atoms with Gasteiger partial charge in [0, 0.05) is 10.7 Å². The standard InChI is InChI=1S/C24H22ClN3O5/c1-2-32-22-12-16(14-26-28-24(31)19-8-3-4-9-20(19)29)10-11-21(22)33-15-23(30)27-18-7-5-6-17(25)13-18/h3-14,29H,2,15H2,1H3,(H,27,30)(H,28,31)/b26-14+. The van der Waals surface area contributed by atoms with Gasteiger partial charge in [0.05, 0.1) is 18.4 Å². The number of phenols is 1. The minimum atomic E-state index is -0.542. The first-order chi connectivity index (χ1) is 16.0. The predicted octanol–water partition coefficient (Wildman–Crippen LogP) is 4.23. The number of hydrazone groups is 1. The number of phenolic OH excluding ortho intramolecular Hbond substituents is 1. The summed E-state index contributed by atoms with van der Waals surface area (Å²) >= 11 is 5.92. The fraction of sp³-hybridized carbons (Fsp3) is 0.125. The van der Waals surface area contributed by atoms with Crippen molar-refractivity contribution in [2.45, 2.75) is 6.92 Å². The number of anilines is 1. The van der Waals surface area contributed by atoms with Crippen LogP contribution in [0.3, 0.4) is 0 Å². The first-order valence-corrected chi connectivity index (χ1v) is 10.4. The third-order valence-electron chi connectivity index (χ3n) is 4.26. The van der Waals surface area contributed by atoms with Crippen LogP contribution in [0.2, 0.25) is 5.02 Å². The molecule has 33 heavy (non-hydrogen) atoms. The first kappa shape index (κ1) is 23.6. The van der Waals surface area contributed by atoms with Crippen LogP contribution in [-0.2, 0) is 4.79 Å². The van der Waals surface area contributed by atoms with Gasteiger partial charge in [0.15, 0.2) is 18.1 Å². The van der Waals surface area contributed by atoms with E-state index in [0.29, 0.717) is 34.4 Å². The molecule has 8 nitrogen and oxygen atoms in total. The second kappa shape index (κ2) is 11.5. The van der Waals surface area contributed by atoms with Gasteiger partial charge < -0.3 is 19.9 Å². The topological polar surface area (TPSA) is 109 Å². The average molecular weight is 468 g/mol. The highest BCUT2D eigenvalue weighted by molar-refractivity contribution is 6.30. The van der Waals surface area contributed by atoms with Crippen LogP contribution in [0.15, 0.2) is 71.8 Å². The van der Waals surface area contributed by atoms with Crippen molar-refractivity contribution in [3.8, 4) is 17.2 Å². The number of hydrogen-bond donors (Lipinski definition) is 3. The fourth-order valence-electron chi connectivity index (χ4n) is 2.79. The van der Waals surface area contributed by atoms with Gasteiger partial charge in [0.25, 0.3) is 11.8 Å². The maximum atomic E-state index is 12.2. The smallest absolute Gasteiger partial charge is 0.275 e. The monoisotopic (exact) mass is 467 g/mol. The van der Waals surface area contributed by atoms with Gasteiger partial charge >= 0.3 is 0 Å². The summed E-state index contributed by atoms with van der Waals surface area (Å²) in [5.41, 5.74) is 3.67. The quantitative estimate of drug-likeness (QED) is 0.322. The number of carbonyl (C=O) groups excluding carboxylic acids is 2. The van der Waals surface area contributed by atoms with E-state index in [0.717, 1.165) is 0 Å². The van der Waals surface area contributed by atoms with E-state index in [1.807, 2.05) is 6.92 Å². The molecule has 3 aromatic rings. The third-order valence-corrected chi connectivity index (χ3v) is 4.50. The van der Waals surface area contributed by atoms with E-state index < -0.39 is 5.91 Å². The zero-order valence-electron chi connectivity index (χ0n) is 17.7. The fourth-order valence-corrected chi connectivity index (χ4v) is 2.98. The largest absolute Gasteiger partial charge is 0.507 e. The molecular formula is C24H22ClN3O5. The molecule has 0 saturated carbocycles. The average Bonchev–Trinajstić information content (AvgIpc) is 2.79. The van der Waals surface area contributed by atoms with Gasteiger partial charge in [0.2, 0.25) is 0 Å². The van der Waals surface area contributed by atoms with Crippen molar-refractivity contribution >= 4 is 35.3 Å². The number of nitrogens with zero attached hydrogens (tertiary/aromatic N) is 1. The van der Waals surface area contributed by atoms with Crippen molar-refractivity contribution in [3.63, 3.8) is 0 Å². The third kappa shape index (κ3) is 6.98. The van der Waals surface area contributed by atoms with E-state index in [1.165, 1.54) is 18.3 Å². The summed E-state index contributed by atoms with van der Waals surface area (Å²) in [7, 11) is 0. The number of halogens is 1. The minimum absolute atomic E-state index is 0.115. The van der Waals surface area contributed by atoms with Crippen molar-refractivity contribution in [2.75, 3.05) is 18.5 Å². The number of amides is 2. The molecule has 0 spiro atoms. The SMILES string of the molecule is CCOc1cc(/C=N/NC(=O)c2ccccc2O)ccc1OCC(=O)Nc1cccc(Cl)c1. The van der Waals surface area contributed by atoms with Gasteiger partial charge in [-0.05, 0) is 61.0 Å². The first-order valence-electron chi connectivity index (χ1n) is 10.0. The number of hydrogen-bond acceptors (Lipinski definition) is 6. The van der Waals surface area contributed by atoms with E-state index in [1.54, 1.807) is 54.6 Å². The molecule has 0 aliphatic carbocycles. The molecule has 0 aliphatic heterocycles. The Hall–Kier alpha value is -4.04. The highest BCUT2D eigenvalue weighted by Crippen LogP contribution is 2.28. The molecule has 0 aromatic heterocycles. The molecule has 2 amide bonds. The maximum absolute atomic E-state index is 12.2. The Kier molecular flexibility index (Phi) is 8.26. The molecule has 0 heterocycles. The van der Waals surface area contributed by atoms with Crippen LogP contribution in [0, 0.1) is 0 Å². The number of aromatic hydroxyl groups is 1. The summed E-state index contributed by atoms with van der Waals surface area (Å²) in [4.78, 5) is 24.3. The molecule has 3 N–H and O–H groups in total. The van der Waals surface area contributed by atoms with Crippen LogP contribution >= 0.6 is 11.6 Å². The number of ether oxygens (including phenoxy) is 2. The van der Waals surface area contributed by atoms with Crippen LogP contribution in [0.1, 0.15) is 22.8 Å². The molecule has 3 rings (SSSR count). The lowest BCUT2D eigenvalue weighted by Gasteiger charge is -2.12. The minimum Gasteiger partial charge on any atom is -0.507 e. The predicted molar refractivity (Wildman–Crippen MR) is 126 cm³/mol. The number of rotatable bonds is 9. The molecule has 0 aliphatic rings. The molecule has 0 saturated heterocycles.